The van der Waals surface area contributed by atoms with Crippen LogP contribution in [0.15, 0.2) is 30.3 Å². The third-order valence-corrected chi connectivity index (χ3v) is 3.94. The van der Waals surface area contributed by atoms with E-state index < -0.39 is 0 Å². The molecule has 1 fully saturated rings. The lowest BCUT2D eigenvalue weighted by atomic mass is 9.76. The molecule has 0 spiro atoms. The first-order valence-electron chi connectivity index (χ1n) is 6.52. The Bertz CT molecular complexity index is 416. The van der Waals surface area contributed by atoms with E-state index in [1.54, 1.807) is 0 Å². The summed E-state index contributed by atoms with van der Waals surface area (Å²) in [4.78, 5) is 16.6. The average Bonchev–Trinajstić information content (AvgIpc) is 2.66. The molecule has 2 rings (SSSR count). The Balaban J connectivity index is 2.32. The van der Waals surface area contributed by atoms with Crippen molar-refractivity contribution in [2.24, 2.45) is 0 Å². The Morgan fingerprint density at radius 3 is 2.44 bits per heavy atom. The van der Waals surface area contributed by atoms with Crippen LogP contribution in [-0.2, 0) is 10.2 Å². The van der Waals surface area contributed by atoms with Crippen LogP contribution in [0.1, 0.15) is 18.4 Å². The van der Waals surface area contributed by atoms with Crippen LogP contribution in [0.5, 0.6) is 0 Å². The summed E-state index contributed by atoms with van der Waals surface area (Å²) in [6, 6.07) is 10.2. The molecule has 18 heavy (non-hydrogen) atoms. The minimum absolute atomic E-state index is 0.274. The van der Waals surface area contributed by atoms with E-state index in [1.165, 1.54) is 5.56 Å². The SMILES string of the molecule is CN(C)CC[C@]1(c2ccccc2)CCN(C)C1=O. The van der Waals surface area contributed by atoms with Crippen LogP contribution in [0, 0.1) is 0 Å². The molecule has 98 valence electrons. The van der Waals surface area contributed by atoms with Crippen molar-refractivity contribution in [1.29, 1.82) is 0 Å². The second kappa shape index (κ2) is 5.11. The third kappa shape index (κ3) is 2.27. The fraction of sp³-hybridized carbons (Fsp3) is 0.533. The van der Waals surface area contributed by atoms with Crippen molar-refractivity contribution in [1.82, 2.24) is 9.80 Å². The predicted molar refractivity (Wildman–Crippen MR) is 73.5 cm³/mol. The fourth-order valence-corrected chi connectivity index (χ4v) is 2.75. The van der Waals surface area contributed by atoms with Gasteiger partial charge in [0.15, 0.2) is 0 Å². The monoisotopic (exact) mass is 246 g/mol. The number of likely N-dealkylation sites (N-methyl/N-ethyl adjacent to an activating group) is 1. The molecule has 0 N–H and O–H groups in total. The average molecular weight is 246 g/mol. The molecule has 0 saturated carbocycles. The van der Waals surface area contributed by atoms with Crippen LogP contribution >= 0.6 is 0 Å². The molecular weight excluding hydrogens is 224 g/mol. The van der Waals surface area contributed by atoms with E-state index in [4.69, 9.17) is 0 Å². The molecule has 0 radical (unpaired) electrons. The highest BCUT2D eigenvalue weighted by Gasteiger charge is 2.46. The van der Waals surface area contributed by atoms with E-state index >= 15 is 0 Å². The van der Waals surface area contributed by atoms with Gasteiger partial charge in [-0.3, -0.25) is 4.79 Å². The van der Waals surface area contributed by atoms with Gasteiger partial charge < -0.3 is 9.80 Å². The number of carbonyl (C=O) groups excluding carboxylic acids is 1. The van der Waals surface area contributed by atoms with Gasteiger partial charge in [0, 0.05) is 13.6 Å². The number of nitrogens with zero attached hydrogens (tertiary/aromatic N) is 2. The van der Waals surface area contributed by atoms with Crippen molar-refractivity contribution in [2.75, 3.05) is 34.2 Å². The summed E-state index contributed by atoms with van der Waals surface area (Å²) in [7, 11) is 6.02. The van der Waals surface area contributed by atoms with Crippen LogP contribution in [0.3, 0.4) is 0 Å². The van der Waals surface area contributed by atoms with E-state index in [1.807, 2.05) is 30.1 Å². The molecule has 1 amide bonds. The van der Waals surface area contributed by atoms with E-state index in [0.717, 1.165) is 25.9 Å². The van der Waals surface area contributed by atoms with Crippen molar-refractivity contribution in [3.8, 4) is 0 Å². The lowest BCUT2D eigenvalue weighted by Gasteiger charge is -2.29. The molecule has 1 aromatic carbocycles. The number of hydrogen-bond acceptors (Lipinski definition) is 2. The van der Waals surface area contributed by atoms with Crippen molar-refractivity contribution in [2.45, 2.75) is 18.3 Å². The lowest BCUT2D eigenvalue weighted by Crippen LogP contribution is -2.38. The zero-order valence-electron chi connectivity index (χ0n) is 11.5. The quantitative estimate of drug-likeness (QED) is 0.808. The molecule has 1 aliphatic rings. The topological polar surface area (TPSA) is 23.6 Å². The first-order chi connectivity index (χ1) is 8.56. The maximum Gasteiger partial charge on any atom is 0.233 e. The number of carbonyl (C=O) groups is 1. The van der Waals surface area contributed by atoms with Gasteiger partial charge in [0.2, 0.25) is 5.91 Å². The summed E-state index contributed by atoms with van der Waals surface area (Å²) < 4.78 is 0. The zero-order chi connectivity index (χ0) is 13.2. The molecule has 0 unspecified atom stereocenters. The van der Waals surface area contributed by atoms with Crippen LogP contribution in [0.25, 0.3) is 0 Å². The summed E-state index contributed by atoms with van der Waals surface area (Å²) in [5.74, 6) is 0.274. The maximum atomic E-state index is 12.5. The standard InChI is InChI=1S/C15H22N2O/c1-16(2)11-9-15(10-12-17(3)14(15)18)13-7-5-4-6-8-13/h4-8H,9-12H2,1-3H3/t15-/m1/s1. The number of hydrogen-bond donors (Lipinski definition) is 0. The largest absolute Gasteiger partial charge is 0.345 e. The highest BCUT2D eigenvalue weighted by atomic mass is 16.2. The fourth-order valence-electron chi connectivity index (χ4n) is 2.75. The first-order valence-corrected chi connectivity index (χ1v) is 6.52. The Morgan fingerprint density at radius 1 is 1.28 bits per heavy atom. The smallest absolute Gasteiger partial charge is 0.233 e. The van der Waals surface area contributed by atoms with Crippen LogP contribution in [0.2, 0.25) is 0 Å². The Morgan fingerprint density at radius 2 is 1.94 bits per heavy atom. The van der Waals surface area contributed by atoms with Gasteiger partial charge in [0.1, 0.15) is 0 Å². The summed E-state index contributed by atoms with van der Waals surface area (Å²) in [6.07, 6.45) is 1.83. The number of amides is 1. The Labute approximate surface area is 109 Å². The molecule has 1 aliphatic heterocycles. The molecule has 3 heteroatoms. The third-order valence-electron chi connectivity index (χ3n) is 3.94. The summed E-state index contributed by atoms with van der Waals surface area (Å²) in [5, 5.41) is 0. The molecule has 1 saturated heterocycles. The molecule has 3 nitrogen and oxygen atoms in total. The predicted octanol–water partition coefficient (Wildman–Crippen LogP) is 1.74. The number of benzene rings is 1. The minimum atomic E-state index is -0.305. The molecule has 0 aromatic heterocycles. The lowest BCUT2D eigenvalue weighted by molar-refractivity contribution is -0.131. The van der Waals surface area contributed by atoms with E-state index in [0.29, 0.717) is 0 Å². The van der Waals surface area contributed by atoms with Gasteiger partial charge >= 0.3 is 0 Å². The Kier molecular flexibility index (Phi) is 3.71. The highest BCUT2D eigenvalue weighted by Crippen LogP contribution is 2.38. The first kappa shape index (κ1) is 13.1. The van der Waals surface area contributed by atoms with Gasteiger partial charge in [-0.1, -0.05) is 30.3 Å². The van der Waals surface area contributed by atoms with E-state index in [9.17, 15) is 4.79 Å². The van der Waals surface area contributed by atoms with Gasteiger partial charge in [0.25, 0.3) is 0 Å². The van der Waals surface area contributed by atoms with Crippen molar-refractivity contribution in [3.63, 3.8) is 0 Å². The zero-order valence-corrected chi connectivity index (χ0v) is 11.5. The molecule has 1 heterocycles. The Hall–Kier alpha value is -1.35. The van der Waals surface area contributed by atoms with Gasteiger partial charge in [-0.2, -0.15) is 0 Å². The second-order valence-electron chi connectivity index (χ2n) is 5.48. The van der Waals surface area contributed by atoms with Gasteiger partial charge in [-0.25, -0.2) is 0 Å². The molecule has 1 aromatic rings. The van der Waals surface area contributed by atoms with Crippen LogP contribution in [-0.4, -0.2) is 49.9 Å². The number of rotatable bonds is 4. The van der Waals surface area contributed by atoms with Crippen LogP contribution in [0.4, 0.5) is 0 Å². The number of likely N-dealkylation sites (tertiary alicyclic amines) is 1. The van der Waals surface area contributed by atoms with Gasteiger partial charge in [-0.15, -0.1) is 0 Å². The van der Waals surface area contributed by atoms with Gasteiger partial charge in [0.05, 0.1) is 5.41 Å². The molecule has 1 atom stereocenters. The second-order valence-corrected chi connectivity index (χ2v) is 5.48. The highest BCUT2D eigenvalue weighted by molar-refractivity contribution is 5.90. The van der Waals surface area contributed by atoms with E-state index in [2.05, 4.69) is 31.1 Å². The summed E-state index contributed by atoms with van der Waals surface area (Å²) in [5.41, 5.74) is 0.863. The van der Waals surface area contributed by atoms with Crippen LogP contribution < -0.4 is 0 Å². The minimum Gasteiger partial charge on any atom is -0.345 e. The summed E-state index contributed by atoms with van der Waals surface area (Å²) in [6.45, 7) is 1.80. The van der Waals surface area contributed by atoms with Gasteiger partial charge in [-0.05, 0) is 39.0 Å². The van der Waals surface area contributed by atoms with E-state index in [-0.39, 0.29) is 11.3 Å². The molecule has 0 aliphatic carbocycles. The van der Waals surface area contributed by atoms with Crippen molar-refractivity contribution < 1.29 is 4.79 Å². The van der Waals surface area contributed by atoms with Crippen molar-refractivity contribution in [3.05, 3.63) is 35.9 Å². The normalized spacial score (nSPS) is 24.0. The molecule has 0 bridgehead atoms. The van der Waals surface area contributed by atoms with Crippen molar-refractivity contribution >= 4 is 5.91 Å². The maximum absolute atomic E-state index is 12.5. The summed E-state index contributed by atoms with van der Waals surface area (Å²) >= 11 is 0. The molecular formula is C15H22N2O.